The van der Waals surface area contributed by atoms with Crippen LogP contribution in [-0.2, 0) is 19.3 Å². The van der Waals surface area contributed by atoms with Crippen LogP contribution in [0, 0.1) is 0 Å². The Morgan fingerprint density at radius 3 is 1.87 bits per heavy atom. The predicted octanol–water partition coefficient (Wildman–Crippen LogP) is 4.67. The van der Waals surface area contributed by atoms with Crippen LogP contribution in [0.25, 0.3) is 0 Å². The Hall–Kier alpha value is -3.61. The first-order chi connectivity index (χ1) is 15.1. The highest BCUT2D eigenvalue weighted by Gasteiger charge is 2.13. The molecule has 0 saturated heterocycles. The summed E-state index contributed by atoms with van der Waals surface area (Å²) < 4.78 is 10.6. The number of carbonyl (C=O) groups is 3. The van der Waals surface area contributed by atoms with Gasteiger partial charge in [0.2, 0.25) is 0 Å². The fraction of sp³-hybridized carbons (Fsp3) is 0.292. The molecule has 0 aromatic heterocycles. The van der Waals surface area contributed by atoms with E-state index in [0.717, 1.165) is 38.2 Å². The van der Waals surface area contributed by atoms with Gasteiger partial charge in [-0.2, -0.15) is 0 Å². The van der Waals surface area contributed by atoms with E-state index in [1.165, 1.54) is 0 Å². The van der Waals surface area contributed by atoms with Gasteiger partial charge in [-0.3, -0.25) is 0 Å². The van der Waals surface area contributed by atoms with Crippen molar-refractivity contribution in [1.82, 2.24) is 0 Å². The molecule has 0 radical (unpaired) electrons. The van der Waals surface area contributed by atoms with Crippen LogP contribution >= 0.6 is 0 Å². The smallest absolute Gasteiger partial charge is 0.386 e. The van der Waals surface area contributed by atoms with Gasteiger partial charge in [0.05, 0.1) is 24.3 Å². The van der Waals surface area contributed by atoms with E-state index in [1.54, 1.807) is 54.6 Å². The molecule has 0 fully saturated rings. The van der Waals surface area contributed by atoms with Crippen LogP contribution in [-0.4, -0.2) is 31.1 Å². The summed E-state index contributed by atoms with van der Waals surface area (Å²) in [6.07, 6.45) is 5.90. The topological polar surface area (TPSA) is 88.1 Å². The molecule has 0 saturated carbocycles. The molecule has 0 atom stereocenters. The van der Waals surface area contributed by atoms with Crippen molar-refractivity contribution < 1.29 is 33.6 Å². The summed E-state index contributed by atoms with van der Waals surface area (Å²) in [5.74, 6) is -1.27. The van der Waals surface area contributed by atoms with E-state index in [0.29, 0.717) is 19.0 Å². The SMILES string of the molecule is C=CC(=O)OCCCCCCCOc1ccc(C(=O)OOC(=O)c2ccccc2)cc1. The van der Waals surface area contributed by atoms with Crippen molar-refractivity contribution >= 4 is 17.9 Å². The van der Waals surface area contributed by atoms with Crippen molar-refractivity contribution in [2.75, 3.05) is 13.2 Å². The molecule has 7 heteroatoms. The van der Waals surface area contributed by atoms with Crippen molar-refractivity contribution in [3.63, 3.8) is 0 Å². The third-order valence-electron chi connectivity index (χ3n) is 4.26. The third kappa shape index (κ3) is 9.16. The second-order valence-electron chi connectivity index (χ2n) is 6.62. The van der Waals surface area contributed by atoms with E-state index >= 15 is 0 Å². The normalized spacial score (nSPS) is 10.1. The van der Waals surface area contributed by atoms with E-state index < -0.39 is 11.9 Å². The lowest BCUT2D eigenvalue weighted by molar-refractivity contribution is -0.187. The number of esters is 1. The molecule has 0 unspecified atom stereocenters. The quantitative estimate of drug-likeness (QED) is 0.160. The highest BCUT2D eigenvalue weighted by molar-refractivity contribution is 5.92. The molecule has 0 aliphatic rings. The number of unbranched alkanes of at least 4 members (excludes halogenated alkanes) is 4. The zero-order valence-corrected chi connectivity index (χ0v) is 17.3. The van der Waals surface area contributed by atoms with Gasteiger partial charge in [0.1, 0.15) is 5.75 Å². The molecule has 0 heterocycles. The Balaban J connectivity index is 1.59. The zero-order valence-electron chi connectivity index (χ0n) is 17.3. The van der Waals surface area contributed by atoms with Crippen molar-refractivity contribution in [1.29, 1.82) is 0 Å². The van der Waals surface area contributed by atoms with Gasteiger partial charge in [0.15, 0.2) is 0 Å². The molecule has 7 nitrogen and oxygen atoms in total. The summed E-state index contributed by atoms with van der Waals surface area (Å²) in [4.78, 5) is 43.8. The minimum atomic E-state index is -0.769. The fourth-order valence-electron chi connectivity index (χ4n) is 2.59. The number of hydrogen-bond acceptors (Lipinski definition) is 7. The minimum Gasteiger partial charge on any atom is -0.494 e. The summed E-state index contributed by atoms with van der Waals surface area (Å²) >= 11 is 0. The van der Waals surface area contributed by atoms with Crippen LogP contribution in [0.2, 0.25) is 0 Å². The summed E-state index contributed by atoms with van der Waals surface area (Å²) in [5.41, 5.74) is 0.528. The van der Waals surface area contributed by atoms with Crippen molar-refractivity contribution in [2.45, 2.75) is 32.1 Å². The van der Waals surface area contributed by atoms with Gasteiger partial charge < -0.3 is 9.47 Å². The van der Waals surface area contributed by atoms with Gasteiger partial charge in [0, 0.05) is 6.08 Å². The number of ether oxygens (including phenoxy) is 2. The molecule has 0 spiro atoms. The van der Waals surface area contributed by atoms with Gasteiger partial charge in [0.25, 0.3) is 0 Å². The lowest BCUT2D eigenvalue weighted by Gasteiger charge is -2.07. The number of hydrogen-bond donors (Lipinski definition) is 0. The van der Waals surface area contributed by atoms with Crippen molar-refractivity contribution in [3.8, 4) is 5.75 Å². The Labute approximate surface area is 181 Å². The van der Waals surface area contributed by atoms with Crippen LogP contribution < -0.4 is 4.74 Å². The molecule has 0 amide bonds. The maximum absolute atomic E-state index is 12.0. The fourth-order valence-corrected chi connectivity index (χ4v) is 2.59. The molecule has 2 aromatic rings. The van der Waals surface area contributed by atoms with Crippen molar-refractivity contribution in [2.24, 2.45) is 0 Å². The first kappa shape index (κ1) is 23.7. The van der Waals surface area contributed by atoms with Crippen LogP contribution in [0.5, 0.6) is 5.75 Å². The standard InChI is InChI=1S/C24H26O7/c1-2-22(25)29-18-10-5-3-4-9-17-28-21-15-13-20(14-16-21)24(27)31-30-23(26)19-11-7-6-8-12-19/h2,6-8,11-16H,1,3-5,9-10,17-18H2. The Morgan fingerprint density at radius 2 is 1.26 bits per heavy atom. The Kier molecular flexibility index (Phi) is 10.4. The van der Waals surface area contributed by atoms with Crippen LogP contribution in [0.3, 0.4) is 0 Å². The van der Waals surface area contributed by atoms with E-state index in [1.807, 2.05) is 0 Å². The second kappa shape index (κ2) is 13.6. The van der Waals surface area contributed by atoms with Crippen LogP contribution in [0.15, 0.2) is 67.3 Å². The minimum absolute atomic E-state index is 0.241. The molecular formula is C24H26O7. The first-order valence-electron chi connectivity index (χ1n) is 10.1. The lowest BCUT2D eigenvalue weighted by Crippen LogP contribution is -2.11. The third-order valence-corrected chi connectivity index (χ3v) is 4.26. The summed E-state index contributed by atoms with van der Waals surface area (Å²) in [6, 6.07) is 14.6. The number of rotatable bonds is 12. The summed E-state index contributed by atoms with van der Waals surface area (Å²) in [7, 11) is 0. The largest absolute Gasteiger partial charge is 0.494 e. The van der Waals surface area contributed by atoms with Crippen molar-refractivity contribution in [3.05, 3.63) is 78.4 Å². The van der Waals surface area contributed by atoms with Gasteiger partial charge in [-0.25, -0.2) is 24.2 Å². The molecule has 0 N–H and O–H groups in total. The van der Waals surface area contributed by atoms with E-state index in [2.05, 4.69) is 16.4 Å². The second-order valence-corrected chi connectivity index (χ2v) is 6.62. The summed E-state index contributed by atoms with van der Waals surface area (Å²) in [6.45, 7) is 4.32. The molecule has 0 aliphatic carbocycles. The average Bonchev–Trinajstić information content (AvgIpc) is 2.82. The number of carbonyl (C=O) groups excluding carboxylic acids is 3. The Bertz CT molecular complexity index is 844. The average molecular weight is 426 g/mol. The molecule has 0 bridgehead atoms. The van der Waals surface area contributed by atoms with E-state index in [9.17, 15) is 14.4 Å². The highest BCUT2D eigenvalue weighted by atomic mass is 17.2. The summed E-state index contributed by atoms with van der Waals surface area (Å²) in [5, 5.41) is 0. The first-order valence-corrected chi connectivity index (χ1v) is 10.1. The number of benzene rings is 2. The van der Waals surface area contributed by atoms with Gasteiger partial charge >= 0.3 is 17.9 Å². The molecule has 2 rings (SSSR count). The molecular weight excluding hydrogens is 400 g/mol. The molecule has 164 valence electrons. The lowest BCUT2D eigenvalue weighted by atomic mass is 10.1. The Morgan fingerprint density at radius 1 is 0.710 bits per heavy atom. The van der Waals surface area contributed by atoms with Gasteiger partial charge in [-0.15, -0.1) is 0 Å². The van der Waals surface area contributed by atoms with Crippen LogP contribution in [0.1, 0.15) is 52.8 Å². The maximum atomic E-state index is 12.0. The molecule has 0 aliphatic heterocycles. The van der Waals surface area contributed by atoms with Crippen LogP contribution in [0.4, 0.5) is 0 Å². The highest BCUT2D eigenvalue weighted by Crippen LogP contribution is 2.14. The maximum Gasteiger partial charge on any atom is 0.386 e. The van der Waals surface area contributed by atoms with E-state index in [4.69, 9.17) is 9.47 Å². The van der Waals surface area contributed by atoms with Gasteiger partial charge in [-0.05, 0) is 49.2 Å². The van der Waals surface area contributed by atoms with Gasteiger partial charge in [-0.1, -0.05) is 44.0 Å². The predicted molar refractivity (Wildman–Crippen MR) is 113 cm³/mol. The van der Waals surface area contributed by atoms with E-state index in [-0.39, 0.29) is 17.1 Å². The zero-order chi connectivity index (χ0) is 22.3. The molecule has 2 aromatic carbocycles. The molecule has 31 heavy (non-hydrogen) atoms. The monoisotopic (exact) mass is 426 g/mol.